The van der Waals surface area contributed by atoms with Crippen molar-refractivity contribution in [2.75, 3.05) is 26.7 Å². The van der Waals surface area contributed by atoms with Gasteiger partial charge >= 0.3 is 0 Å². The number of rotatable bonds is 4. The molecule has 0 radical (unpaired) electrons. The molecule has 24 heavy (non-hydrogen) atoms. The predicted octanol–water partition coefficient (Wildman–Crippen LogP) is 0.827. The fourth-order valence-corrected chi connectivity index (χ4v) is 3.37. The lowest BCUT2D eigenvalue weighted by Gasteiger charge is -2.49. The van der Waals surface area contributed by atoms with Crippen molar-refractivity contribution in [2.24, 2.45) is 4.99 Å². The molecule has 134 valence electrons. The van der Waals surface area contributed by atoms with Crippen molar-refractivity contribution in [1.29, 1.82) is 0 Å². The molecular formula is C16H28N6O2. The number of nitrogens with zero attached hydrogens (tertiary/aromatic N) is 5. The number of carbonyl (C=O) groups excluding carboxylic acids is 1. The molecule has 0 aliphatic carbocycles. The van der Waals surface area contributed by atoms with Crippen LogP contribution in [0.2, 0.25) is 0 Å². The van der Waals surface area contributed by atoms with Crippen LogP contribution >= 0.6 is 0 Å². The van der Waals surface area contributed by atoms with Gasteiger partial charge < -0.3 is 19.6 Å². The molecule has 8 nitrogen and oxygen atoms in total. The summed E-state index contributed by atoms with van der Waals surface area (Å²) in [6.07, 6.45) is 0.614. The smallest absolute Gasteiger partial charge is 0.242 e. The number of nitrogens with one attached hydrogen (secondary N) is 1. The van der Waals surface area contributed by atoms with E-state index in [0.29, 0.717) is 31.2 Å². The third kappa shape index (κ3) is 4.04. The second-order valence-corrected chi connectivity index (χ2v) is 6.99. The summed E-state index contributed by atoms with van der Waals surface area (Å²) in [5.41, 5.74) is -0.245. The minimum Gasteiger partial charge on any atom is -0.356 e. The molecule has 2 heterocycles. The van der Waals surface area contributed by atoms with E-state index in [9.17, 15) is 4.79 Å². The number of hydrogen-bond acceptors (Lipinski definition) is 5. The first kappa shape index (κ1) is 18.2. The molecule has 0 spiro atoms. The number of carbonyl (C=O) groups is 1. The maximum absolute atomic E-state index is 12.5. The summed E-state index contributed by atoms with van der Waals surface area (Å²) in [5.74, 6) is 2.07. The monoisotopic (exact) mass is 336 g/mol. The van der Waals surface area contributed by atoms with Crippen molar-refractivity contribution >= 4 is 11.9 Å². The zero-order valence-corrected chi connectivity index (χ0v) is 15.5. The van der Waals surface area contributed by atoms with Crippen LogP contribution in [-0.2, 0) is 11.2 Å². The highest BCUT2D eigenvalue weighted by atomic mass is 16.5. The Morgan fingerprint density at radius 1 is 1.46 bits per heavy atom. The Balaban J connectivity index is 1.97. The lowest BCUT2D eigenvalue weighted by molar-refractivity contribution is -0.145. The lowest BCUT2D eigenvalue weighted by Crippen LogP contribution is -2.66. The van der Waals surface area contributed by atoms with Gasteiger partial charge in [-0.1, -0.05) is 5.16 Å². The first-order valence-electron chi connectivity index (χ1n) is 8.31. The van der Waals surface area contributed by atoms with E-state index < -0.39 is 0 Å². The number of aryl methyl sites for hydroxylation is 1. The van der Waals surface area contributed by atoms with E-state index in [4.69, 9.17) is 4.52 Å². The van der Waals surface area contributed by atoms with Gasteiger partial charge in [-0.3, -0.25) is 9.79 Å². The van der Waals surface area contributed by atoms with Crippen molar-refractivity contribution in [3.05, 3.63) is 11.7 Å². The maximum Gasteiger partial charge on any atom is 0.242 e. The van der Waals surface area contributed by atoms with Gasteiger partial charge in [0.1, 0.15) is 0 Å². The molecule has 8 heteroatoms. The average molecular weight is 336 g/mol. The van der Waals surface area contributed by atoms with Gasteiger partial charge in [0.25, 0.3) is 0 Å². The molecule has 0 bridgehead atoms. The summed E-state index contributed by atoms with van der Waals surface area (Å²) in [5, 5.41) is 7.05. The van der Waals surface area contributed by atoms with Gasteiger partial charge in [-0.2, -0.15) is 4.98 Å². The van der Waals surface area contributed by atoms with Crippen LogP contribution in [0.1, 0.15) is 39.4 Å². The van der Waals surface area contributed by atoms with Crippen LogP contribution in [0, 0.1) is 6.92 Å². The summed E-state index contributed by atoms with van der Waals surface area (Å²) < 4.78 is 5.10. The van der Waals surface area contributed by atoms with Crippen LogP contribution in [0.3, 0.4) is 0 Å². The van der Waals surface area contributed by atoms with E-state index in [0.717, 1.165) is 12.5 Å². The molecule has 1 aliphatic heterocycles. The van der Waals surface area contributed by atoms with Crippen LogP contribution in [0.25, 0.3) is 0 Å². The molecule has 2 rings (SSSR count). The summed E-state index contributed by atoms with van der Waals surface area (Å²) in [6, 6.07) is 0.186. The summed E-state index contributed by atoms with van der Waals surface area (Å²) >= 11 is 0. The normalized spacial score (nSPS) is 18.5. The Morgan fingerprint density at radius 3 is 2.67 bits per heavy atom. The Bertz CT molecular complexity index is 607. The van der Waals surface area contributed by atoms with Crippen molar-refractivity contribution in [3.63, 3.8) is 0 Å². The largest absolute Gasteiger partial charge is 0.356 e. The van der Waals surface area contributed by atoms with E-state index in [1.54, 1.807) is 14.0 Å². The molecule has 1 fully saturated rings. The van der Waals surface area contributed by atoms with Crippen LogP contribution in [0.4, 0.5) is 0 Å². The van der Waals surface area contributed by atoms with Crippen molar-refractivity contribution in [3.8, 4) is 0 Å². The predicted molar refractivity (Wildman–Crippen MR) is 91.7 cm³/mol. The Kier molecular flexibility index (Phi) is 5.46. The molecule has 1 aliphatic rings. The van der Waals surface area contributed by atoms with E-state index in [1.165, 1.54) is 0 Å². The first-order chi connectivity index (χ1) is 11.2. The first-order valence-corrected chi connectivity index (χ1v) is 8.31. The third-order valence-corrected chi connectivity index (χ3v) is 4.04. The minimum absolute atomic E-state index is 0.122. The van der Waals surface area contributed by atoms with Crippen molar-refractivity contribution < 1.29 is 9.32 Å². The third-order valence-electron chi connectivity index (χ3n) is 4.04. The fourth-order valence-electron chi connectivity index (χ4n) is 3.37. The van der Waals surface area contributed by atoms with Gasteiger partial charge in [0.05, 0.1) is 12.1 Å². The SMILES string of the molecule is CN=C(NCCc1nc(C)no1)N1CC(=O)N(C(C)C)C(C)(C)C1. The van der Waals surface area contributed by atoms with Crippen LogP contribution in [0.15, 0.2) is 9.52 Å². The molecule has 0 atom stereocenters. The average Bonchev–Trinajstić information content (AvgIpc) is 2.86. The highest BCUT2D eigenvalue weighted by Gasteiger charge is 2.40. The van der Waals surface area contributed by atoms with Crippen LogP contribution < -0.4 is 5.32 Å². The van der Waals surface area contributed by atoms with E-state index in [-0.39, 0.29) is 17.5 Å². The number of aliphatic imine (C=N–C) groups is 1. The topological polar surface area (TPSA) is 86.9 Å². The van der Waals surface area contributed by atoms with Gasteiger partial charge in [-0.05, 0) is 34.6 Å². The van der Waals surface area contributed by atoms with Gasteiger partial charge in [0, 0.05) is 32.6 Å². The lowest BCUT2D eigenvalue weighted by atomic mass is 9.96. The number of hydrogen-bond donors (Lipinski definition) is 1. The molecule has 0 saturated carbocycles. The van der Waals surface area contributed by atoms with E-state index >= 15 is 0 Å². The standard InChI is InChI=1S/C16H28N6O2/c1-11(2)22-14(23)9-21(10-16(22,4)5)15(17-6)18-8-7-13-19-12(3)20-24-13/h11H,7-10H2,1-6H3,(H,17,18). The highest BCUT2D eigenvalue weighted by Crippen LogP contribution is 2.24. The Morgan fingerprint density at radius 2 is 2.17 bits per heavy atom. The number of aromatic nitrogens is 2. The Labute approximate surface area is 143 Å². The van der Waals surface area contributed by atoms with Crippen LogP contribution in [0.5, 0.6) is 0 Å². The van der Waals surface area contributed by atoms with Gasteiger partial charge in [0.2, 0.25) is 11.8 Å². The number of guanidine groups is 1. The molecular weight excluding hydrogens is 308 g/mol. The molecule has 1 saturated heterocycles. The summed E-state index contributed by atoms with van der Waals surface area (Å²) in [6.45, 7) is 11.8. The maximum atomic E-state index is 12.5. The second kappa shape index (κ2) is 7.19. The summed E-state index contributed by atoms with van der Waals surface area (Å²) in [7, 11) is 1.73. The molecule has 1 amide bonds. The fraction of sp³-hybridized carbons (Fsp3) is 0.750. The van der Waals surface area contributed by atoms with Crippen molar-refractivity contribution in [2.45, 2.75) is 52.6 Å². The quantitative estimate of drug-likeness (QED) is 0.647. The van der Waals surface area contributed by atoms with Gasteiger partial charge in [0.15, 0.2) is 11.8 Å². The molecule has 1 N–H and O–H groups in total. The second-order valence-electron chi connectivity index (χ2n) is 6.99. The zero-order valence-electron chi connectivity index (χ0n) is 15.5. The van der Waals surface area contributed by atoms with Crippen LogP contribution in [-0.4, -0.2) is 70.1 Å². The van der Waals surface area contributed by atoms with Crippen molar-refractivity contribution in [1.82, 2.24) is 25.3 Å². The molecule has 0 unspecified atom stereocenters. The molecule has 1 aromatic heterocycles. The van der Waals surface area contributed by atoms with E-state index in [2.05, 4.69) is 48.1 Å². The number of amides is 1. The number of piperazine rings is 1. The van der Waals surface area contributed by atoms with E-state index in [1.807, 2.05) is 9.80 Å². The van der Waals surface area contributed by atoms with Gasteiger partial charge in [-0.15, -0.1) is 0 Å². The molecule has 0 aromatic carbocycles. The zero-order chi connectivity index (χ0) is 17.9. The van der Waals surface area contributed by atoms with Gasteiger partial charge in [-0.25, -0.2) is 0 Å². The molecule has 1 aromatic rings. The summed E-state index contributed by atoms with van der Waals surface area (Å²) in [4.78, 5) is 25.0. The minimum atomic E-state index is -0.245. The Hall–Kier alpha value is -2.12. The highest BCUT2D eigenvalue weighted by molar-refractivity contribution is 5.88.